The second-order valence-electron chi connectivity index (χ2n) is 5.39. The second-order valence-corrected chi connectivity index (χ2v) is 6.77. The van der Waals surface area contributed by atoms with Crippen molar-refractivity contribution in [2.24, 2.45) is 11.3 Å². The number of alkyl halides is 1. The van der Waals surface area contributed by atoms with Crippen molar-refractivity contribution in [3.05, 3.63) is 35.2 Å². The number of halogens is 1. The molecule has 2 atom stereocenters. The molecule has 1 fully saturated rings. The van der Waals surface area contributed by atoms with Crippen molar-refractivity contribution in [3.8, 4) is 0 Å². The van der Waals surface area contributed by atoms with Crippen molar-refractivity contribution in [3.63, 3.8) is 0 Å². The Hall–Kier alpha value is -0.530. The van der Waals surface area contributed by atoms with E-state index in [4.69, 9.17) is 11.6 Å². The Kier molecular flexibility index (Phi) is 2.31. The fourth-order valence-electron chi connectivity index (χ4n) is 2.44. The van der Waals surface area contributed by atoms with E-state index in [1.807, 2.05) is 0 Å². The van der Waals surface area contributed by atoms with Gasteiger partial charge in [-0.15, -0.1) is 22.9 Å². The predicted molar refractivity (Wildman–Crippen MR) is 72.3 cm³/mol. The molecule has 16 heavy (non-hydrogen) atoms. The first kappa shape index (κ1) is 10.6. The molecule has 1 saturated carbocycles. The Bertz CT molecular complexity index is 526. The van der Waals surface area contributed by atoms with Gasteiger partial charge in [-0.1, -0.05) is 32.0 Å². The largest absolute Gasteiger partial charge is 0.143 e. The van der Waals surface area contributed by atoms with Crippen LogP contribution in [0.25, 0.3) is 10.1 Å². The first-order valence-electron chi connectivity index (χ1n) is 5.70. The number of fused-ring (bicyclic) bond motifs is 1. The molecule has 1 aromatic heterocycles. The average Bonchev–Trinajstić information content (AvgIpc) is 2.74. The third-order valence-corrected chi connectivity index (χ3v) is 5.27. The van der Waals surface area contributed by atoms with Gasteiger partial charge in [-0.3, -0.25) is 0 Å². The quantitative estimate of drug-likeness (QED) is 0.641. The van der Waals surface area contributed by atoms with Crippen molar-refractivity contribution in [2.75, 3.05) is 0 Å². The summed E-state index contributed by atoms with van der Waals surface area (Å²) < 4.78 is 1.35. The first-order valence-corrected chi connectivity index (χ1v) is 7.01. The Morgan fingerprint density at radius 1 is 1.38 bits per heavy atom. The number of hydrogen-bond donors (Lipinski definition) is 0. The molecule has 0 nitrogen and oxygen atoms in total. The zero-order chi connectivity index (χ0) is 11.3. The first-order chi connectivity index (χ1) is 7.59. The summed E-state index contributed by atoms with van der Waals surface area (Å²) >= 11 is 8.42. The van der Waals surface area contributed by atoms with Crippen LogP contribution in [-0.2, 0) is 0 Å². The van der Waals surface area contributed by atoms with E-state index in [-0.39, 0.29) is 5.38 Å². The predicted octanol–water partition coefficient (Wildman–Crippen LogP) is 5.23. The second kappa shape index (κ2) is 3.48. The van der Waals surface area contributed by atoms with Gasteiger partial charge < -0.3 is 0 Å². The van der Waals surface area contributed by atoms with Crippen LogP contribution in [0.2, 0.25) is 0 Å². The van der Waals surface area contributed by atoms with E-state index >= 15 is 0 Å². The summed E-state index contributed by atoms with van der Waals surface area (Å²) in [5, 5.41) is 3.76. The van der Waals surface area contributed by atoms with E-state index in [1.165, 1.54) is 22.1 Å². The summed E-state index contributed by atoms with van der Waals surface area (Å²) in [5.41, 5.74) is 1.77. The van der Waals surface area contributed by atoms with Gasteiger partial charge in [0.05, 0.1) is 5.38 Å². The molecule has 0 amide bonds. The lowest BCUT2D eigenvalue weighted by molar-refractivity contribution is 0.550. The molecule has 1 aromatic carbocycles. The van der Waals surface area contributed by atoms with Crippen LogP contribution in [0.15, 0.2) is 29.6 Å². The monoisotopic (exact) mass is 250 g/mol. The van der Waals surface area contributed by atoms with Gasteiger partial charge in [-0.05, 0) is 40.1 Å². The fraction of sp³-hybridized carbons (Fsp3) is 0.429. The summed E-state index contributed by atoms with van der Waals surface area (Å²) in [5.74, 6) is 0.646. The molecule has 0 saturated heterocycles. The molecular formula is C14H15ClS. The normalized spacial score (nSPS) is 24.6. The van der Waals surface area contributed by atoms with Crippen LogP contribution >= 0.6 is 22.9 Å². The van der Waals surface area contributed by atoms with Crippen LogP contribution < -0.4 is 0 Å². The van der Waals surface area contributed by atoms with E-state index in [9.17, 15) is 0 Å². The molecule has 84 valence electrons. The van der Waals surface area contributed by atoms with Crippen molar-refractivity contribution in [1.29, 1.82) is 0 Å². The van der Waals surface area contributed by atoms with Gasteiger partial charge in [0.1, 0.15) is 0 Å². The van der Waals surface area contributed by atoms with Crippen LogP contribution in [0.5, 0.6) is 0 Å². The van der Waals surface area contributed by atoms with Crippen molar-refractivity contribution in [1.82, 2.24) is 0 Å². The lowest BCUT2D eigenvalue weighted by Gasteiger charge is -2.10. The number of benzene rings is 1. The maximum atomic E-state index is 6.62. The maximum Gasteiger partial charge on any atom is 0.0632 e. The Morgan fingerprint density at radius 3 is 2.75 bits per heavy atom. The highest BCUT2D eigenvalue weighted by molar-refractivity contribution is 7.17. The fourth-order valence-corrected chi connectivity index (χ4v) is 4.12. The van der Waals surface area contributed by atoms with E-state index in [1.54, 1.807) is 11.3 Å². The van der Waals surface area contributed by atoms with Crippen molar-refractivity contribution in [2.45, 2.75) is 25.6 Å². The minimum atomic E-state index is 0.186. The molecule has 0 spiro atoms. The highest BCUT2D eigenvalue weighted by Crippen LogP contribution is 2.60. The summed E-state index contributed by atoms with van der Waals surface area (Å²) in [6, 6.07) is 8.55. The highest BCUT2D eigenvalue weighted by Gasteiger charge is 2.50. The molecule has 0 aliphatic heterocycles. The smallest absolute Gasteiger partial charge is 0.0632 e. The molecule has 2 unspecified atom stereocenters. The molecule has 1 heterocycles. The molecular weight excluding hydrogens is 236 g/mol. The van der Waals surface area contributed by atoms with E-state index in [0.29, 0.717) is 11.3 Å². The van der Waals surface area contributed by atoms with E-state index < -0.39 is 0 Å². The Morgan fingerprint density at radius 2 is 2.06 bits per heavy atom. The minimum absolute atomic E-state index is 0.186. The lowest BCUT2D eigenvalue weighted by Crippen LogP contribution is -1.98. The highest BCUT2D eigenvalue weighted by atomic mass is 35.5. The zero-order valence-corrected chi connectivity index (χ0v) is 11.1. The molecule has 1 aliphatic carbocycles. The molecule has 0 bridgehead atoms. The van der Waals surface area contributed by atoms with Crippen LogP contribution in [0.1, 0.15) is 31.2 Å². The summed E-state index contributed by atoms with van der Waals surface area (Å²) in [6.45, 7) is 4.61. The van der Waals surface area contributed by atoms with Gasteiger partial charge in [0.15, 0.2) is 0 Å². The topological polar surface area (TPSA) is 0 Å². The van der Waals surface area contributed by atoms with Crippen LogP contribution in [0, 0.1) is 11.3 Å². The lowest BCUT2D eigenvalue weighted by atomic mass is 10.0. The molecule has 0 N–H and O–H groups in total. The number of rotatable bonds is 2. The summed E-state index contributed by atoms with van der Waals surface area (Å²) in [7, 11) is 0. The summed E-state index contributed by atoms with van der Waals surface area (Å²) in [4.78, 5) is 0. The minimum Gasteiger partial charge on any atom is -0.143 e. The molecule has 2 aromatic rings. The van der Waals surface area contributed by atoms with E-state index in [2.05, 4.69) is 43.5 Å². The summed E-state index contributed by atoms with van der Waals surface area (Å²) in [6.07, 6.45) is 1.26. The Balaban J connectivity index is 2.00. The number of hydrogen-bond acceptors (Lipinski definition) is 1. The van der Waals surface area contributed by atoms with Crippen molar-refractivity contribution < 1.29 is 0 Å². The SMILES string of the molecule is CC1(C)CC1C(Cl)c1csc2ccccc12. The van der Waals surface area contributed by atoms with Gasteiger partial charge >= 0.3 is 0 Å². The number of thiophene rings is 1. The zero-order valence-electron chi connectivity index (χ0n) is 9.53. The molecule has 3 rings (SSSR count). The van der Waals surface area contributed by atoms with Gasteiger partial charge in [0, 0.05) is 4.70 Å². The van der Waals surface area contributed by atoms with Gasteiger partial charge in [-0.25, -0.2) is 0 Å². The van der Waals surface area contributed by atoms with Crippen LogP contribution in [0.4, 0.5) is 0 Å². The maximum absolute atomic E-state index is 6.62. The Labute approximate surface area is 105 Å². The van der Waals surface area contributed by atoms with Gasteiger partial charge in [0.25, 0.3) is 0 Å². The molecule has 2 heteroatoms. The van der Waals surface area contributed by atoms with Crippen molar-refractivity contribution >= 4 is 33.0 Å². The van der Waals surface area contributed by atoms with Gasteiger partial charge in [-0.2, -0.15) is 0 Å². The third-order valence-electron chi connectivity index (χ3n) is 3.75. The van der Waals surface area contributed by atoms with Crippen LogP contribution in [0.3, 0.4) is 0 Å². The standard InChI is InChI=1S/C14H15ClS/c1-14(2)7-11(14)13(15)10-8-16-12-6-4-3-5-9(10)12/h3-6,8,11,13H,7H2,1-2H3. The molecule has 0 radical (unpaired) electrons. The average molecular weight is 251 g/mol. The van der Waals surface area contributed by atoms with E-state index in [0.717, 1.165) is 0 Å². The third kappa shape index (κ3) is 1.57. The van der Waals surface area contributed by atoms with Crippen LogP contribution in [-0.4, -0.2) is 0 Å². The molecule has 1 aliphatic rings. The van der Waals surface area contributed by atoms with Gasteiger partial charge in [0.2, 0.25) is 0 Å².